The van der Waals surface area contributed by atoms with Crippen LogP contribution in [0.4, 0.5) is 13.2 Å². The van der Waals surface area contributed by atoms with Crippen molar-refractivity contribution in [2.24, 2.45) is 5.73 Å². The maximum Gasteiger partial charge on any atom is 0.429 e. The van der Waals surface area contributed by atoms with Gasteiger partial charge in [0.2, 0.25) is 6.10 Å². The molecule has 0 aromatic heterocycles. The molecule has 1 heterocycles. The van der Waals surface area contributed by atoms with E-state index in [1.54, 1.807) is 0 Å². The molecule has 0 spiro atoms. The molecule has 1 aliphatic rings. The van der Waals surface area contributed by atoms with Crippen molar-refractivity contribution in [3.63, 3.8) is 0 Å². The molecule has 0 aliphatic carbocycles. The van der Waals surface area contributed by atoms with Gasteiger partial charge in [-0.05, 0) is 31.1 Å². The molecule has 1 aromatic rings. The number of halogens is 5. The number of carbonyl (C=O) groups excluding carboxylic acids is 1. The molecule has 5 N–H and O–H groups in total. The van der Waals surface area contributed by atoms with E-state index in [2.05, 4.69) is 5.32 Å². The Balaban J connectivity index is 2.27. The fourth-order valence-electron chi connectivity index (χ4n) is 2.83. The van der Waals surface area contributed by atoms with Gasteiger partial charge in [-0.3, -0.25) is 10.2 Å². The Morgan fingerprint density at radius 2 is 1.97 bits per heavy atom. The van der Waals surface area contributed by atoms with Gasteiger partial charge in [-0.25, -0.2) is 4.79 Å². The minimum absolute atomic E-state index is 0.0482. The first-order valence-corrected chi connectivity index (χ1v) is 9.46. The lowest BCUT2D eigenvalue weighted by Crippen LogP contribution is -2.47. The molecule has 1 unspecified atom stereocenters. The zero-order valence-electron chi connectivity index (χ0n) is 15.4. The van der Waals surface area contributed by atoms with Crippen LogP contribution in [0.2, 0.25) is 10.0 Å². The average molecular weight is 468 g/mol. The number of benzene rings is 1. The molecule has 12 heteroatoms. The molecule has 1 amide bonds. The number of nitrogens with one attached hydrogen (secondary N) is 2. The van der Waals surface area contributed by atoms with E-state index in [4.69, 9.17) is 39.1 Å². The molecule has 0 saturated heterocycles. The lowest BCUT2D eigenvalue weighted by Gasteiger charge is -2.29. The molecular formula is C18H18Cl2F3N3O4. The van der Waals surface area contributed by atoms with Crippen LogP contribution in [0.5, 0.6) is 5.75 Å². The number of carbonyl (C=O) groups is 2. The molecule has 30 heavy (non-hydrogen) atoms. The van der Waals surface area contributed by atoms with Gasteiger partial charge in [-0.2, -0.15) is 13.2 Å². The van der Waals surface area contributed by atoms with E-state index in [1.165, 1.54) is 12.1 Å². The number of amidine groups is 1. The van der Waals surface area contributed by atoms with Crippen molar-refractivity contribution in [1.82, 2.24) is 5.32 Å². The molecule has 0 saturated carbocycles. The predicted molar refractivity (Wildman–Crippen MR) is 105 cm³/mol. The maximum atomic E-state index is 13.5. The van der Waals surface area contributed by atoms with Gasteiger partial charge >= 0.3 is 12.1 Å². The third kappa shape index (κ3) is 6.02. The monoisotopic (exact) mass is 467 g/mol. The molecule has 2 rings (SSSR count). The minimum atomic E-state index is -4.95. The number of hydrogen-bond acceptors (Lipinski definition) is 4. The number of carboxylic acid groups (broad SMARTS) is 1. The van der Waals surface area contributed by atoms with Gasteiger partial charge < -0.3 is 20.9 Å². The van der Waals surface area contributed by atoms with Gasteiger partial charge in [0.15, 0.2) is 0 Å². The summed E-state index contributed by atoms with van der Waals surface area (Å²) in [6, 6.07) is 1.05. The van der Waals surface area contributed by atoms with Crippen molar-refractivity contribution >= 4 is 47.0 Å². The SMILES string of the molecule is N=C(N)CCCC[C@H](NC(=O)C1=Cc2cc(Cl)cc(Cl)c2OC1C(F)(F)F)C(=O)O. The van der Waals surface area contributed by atoms with E-state index in [0.717, 1.165) is 6.08 Å². The zero-order chi connectivity index (χ0) is 22.6. The van der Waals surface area contributed by atoms with Crippen LogP contribution in [0.25, 0.3) is 6.08 Å². The van der Waals surface area contributed by atoms with E-state index in [-0.39, 0.29) is 40.0 Å². The Kier molecular flexibility index (Phi) is 7.59. The van der Waals surface area contributed by atoms with Gasteiger partial charge in [0, 0.05) is 17.0 Å². The number of rotatable bonds is 8. The lowest BCUT2D eigenvalue weighted by atomic mass is 9.99. The fourth-order valence-corrected chi connectivity index (χ4v) is 3.38. The molecule has 1 aromatic carbocycles. The molecule has 164 valence electrons. The second-order valence-electron chi connectivity index (χ2n) is 6.58. The molecule has 0 radical (unpaired) electrons. The summed E-state index contributed by atoms with van der Waals surface area (Å²) in [5.41, 5.74) is 4.46. The summed E-state index contributed by atoms with van der Waals surface area (Å²) in [5, 5.41) is 18.5. The summed E-state index contributed by atoms with van der Waals surface area (Å²) in [6.07, 6.45) is -5.76. The van der Waals surface area contributed by atoms with Crippen LogP contribution in [0.15, 0.2) is 17.7 Å². The van der Waals surface area contributed by atoms with Crippen LogP contribution in [-0.2, 0) is 9.59 Å². The molecule has 7 nitrogen and oxygen atoms in total. The van der Waals surface area contributed by atoms with Crippen molar-refractivity contribution in [2.75, 3.05) is 0 Å². The van der Waals surface area contributed by atoms with E-state index < -0.39 is 35.8 Å². The third-order valence-electron chi connectivity index (χ3n) is 4.22. The fraction of sp³-hybridized carbons (Fsp3) is 0.389. The van der Waals surface area contributed by atoms with Gasteiger partial charge in [0.25, 0.3) is 5.91 Å². The van der Waals surface area contributed by atoms with Crippen molar-refractivity contribution < 1.29 is 32.6 Å². The molecule has 0 bridgehead atoms. The summed E-state index contributed by atoms with van der Waals surface area (Å²) in [5.74, 6) is -2.99. The van der Waals surface area contributed by atoms with E-state index in [1.807, 2.05) is 0 Å². The van der Waals surface area contributed by atoms with E-state index in [9.17, 15) is 27.9 Å². The Labute approximate surface area is 179 Å². The Hall–Kier alpha value is -2.46. The number of carboxylic acids is 1. The summed E-state index contributed by atoms with van der Waals surface area (Å²) in [4.78, 5) is 24.0. The van der Waals surface area contributed by atoms with Crippen molar-refractivity contribution in [2.45, 2.75) is 44.0 Å². The molecule has 2 atom stereocenters. The van der Waals surface area contributed by atoms with E-state index >= 15 is 0 Å². The summed E-state index contributed by atoms with van der Waals surface area (Å²) in [6.45, 7) is 0. The Morgan fingerprint density at radius 1 is 1.30 bits per heavy atom. The van der Waals surface area contributed by atoms with Crippen LogP contribution < -0.4 is 15.8 Å². The predicted octanol–water partition coefficient (Wildman–Crippen LogP) is 3.77. The molecular weight excluding hydrogens is 450 g/mol. The quantitative estimate of drug-likeness (QED) is 0.263. The van der Waals surface area contributed by atoms with Crippen molar-refractivity contribution in [3.05, 3.63) is 33.3 Å². The summed E-state index contributed by atoms with van der Waals surface area (Å²) in [7, 11) is 0. The second kappa shape index (κ2) is 9.57. The molecule has 1 aliphatic heterocycles. The first kappa shape index (κ1) is 23.8. The normalized spacial score (nSPS) is 16.7. The maximum absolute atomic E-state index is 13.5. The number of fused-ring (bicyclic) bond motifs is 1. The zero-order valence-corrected chi connectivity index (χ0v) is 16.9. The van der Waals surface area contributed by atoms with Crippen LogP contribution in [-0.4, -0.2) is 41.1 Å². The number of hydrogen-bond donors (Lipinski definition) is 4. The lowest BCUT2D eigenvalue weighted by molar-refractivity contribution is -0.185. The van der Waals surface area contributed by atoms with Crippen LogP contribution in [0.1, 0.15) is 31.2 Å². The number of unbranched alkanes of at least 4 members (excludes halogenated alkanes) is 1. The van der Waals surface area contributed by atoms with Crippen molar-refractivity contribution in [1.29, 1.82) is 5.41 Å². The largest absolute Gasteiger partial charge is 0.480 e. The number of alkyl halides is 3. The highest BCUT2D eigenvalue weighted by Crippen LogP contribution is 2.42. The number of nitrogens with two attached hydrogens (primary N) is 1. The highest BCUT2D eigenvalue weighted by molar-refractivity contribution is 6.36. The highest BCUT2D eigenvalue weighted by atomic mass is 35.5. The van der Waals surface area contributed by atoms with Crippen molar-refractivity contribution in [3.8, 4) is 5.75 Å². The number of amides is 1. The average Bonchev–Trinajstić information content (AvgIpc) is 2.61. The van der Waals surface area contributed by atoms with Crippen LogP contribution in [0, 0.1) is 5.41 Å². The molecule has 0 fully saturated rings. The van der Waals surface area contributed by atoms with Gasteiger partial charge in [-0.1, -0.05) is 29.6 Å². The first-order chi connectivity index (χ1) is 13.9. The standard InChI is InChI=1S/C18H18Cl2F3N3O4/c19-9-5-8-6-10(15(18(21,22)23)30-14(8)11(20)7-9)16(27)26-12(17(28)29)3-1-2-4-13(24)25/h5-7,12,15H,1-4H2,(H3,24,25)(H,26,27)(H,28,29)/t12-,15?/m0/s1. The smallest absolute Gasteiger partial charge is 0.429 e. The van der Waals surface area contributed by atoms with E-state index in [0.29, 0.717) is 12.8 Å². The first-order valence-electron chi connectivity index (χ1n) is 8.70. The van der Waals surface area contributed by atoms with Gasteiger partial charge in [0.1, 0.15) is 11.8 Å². The van der Waals surface area contributed by atoms with Gasteiger partial charge in [-0.15, -0.1) is 0 Å². The minimum Gasteiger partial charge on any atom is -0.480 e. The van der Waals surface area contributed by atoms with Crippen LogP contribution >= 0.6 is 23.2 Å². The number of ether oxygens (including phenoxy) is 1. The highest BCUT2D eigenvalue weighted by Gasteiger charge is 2.49. The van der Waals surface area contributed by atoms with Gasteiger partial charge in [0.05, 0.1) is 16.4 Å². The Morgan fingerprint density at radius 3 is 2.53 bits per heavy atom. The second-order valence-corrected chi connectivity index (χ2v) is 7.42. The van der Waals surface area contributed by atoms with Crippen LogP contribution in [0.3, 0.4) is 0 Å². The Bertz CT molecular complexity index is 890. The summed E-state index contributed by atoms with van der Waals surface area (Å²) >= 11 is 11.8. The summed E-state index contributed by atoms with van der Waals surface area (Å²) < 4.78 is 45.5. The third-order valence-corrected chi connectivity index (χ3v) is 4.72. The number of aliphatic carboxylic acids is 1. The topological polar surface area (TPSA) is 126 Å².